The van der Waals surface area contributed by atoms with E-state index in [1.165, 1.54) is 32.4 Å². The fraction of sp³-hybridized carbons (Fsp3) is 0.419. The van der Waals surface area contributed by atoms with Crippen LogP contribution in [0.25, 0.3) is 0 Å². The summed E-state index contributed by atoms with van der Waals surface area (Å²) in [5, 5.41) is 12.2. The maximum absolute atomic E-state index is 12.2. The Bertz CT molecular complexity index is 1140. The molecule has 5 rings (SSSR count). The van der Waals surface area contributed by atoms with Crippen LogP contribution in [0.2, 0.25) is 0 Å². The molecule has 5 nitrogen and oxygen atoms in total. The van der Waals surface area contributed by atoms with E-state index in [2.05, 4.69) is 35.2 Å². The first-order valence-electron chi connectivity index (χ1n) is 13.1. The Labute approximate surface area is 214 Å². The molecule has 1 N–H and O–H groups in total. The van der Waals surface area contributed by atoms with E-state index >= 15 is 0 Å². The normalized spacial score (nSPS) is 21.7. The lowest BCUT2D eigenvalue weighted by atomic mass is 9.78. The predicted molar refractivity (Wildman–Crippen MR) is 142 cm³/mol. The van der Waals surface area contributed by atoms with Crippen LogP contribution in [-0.2, 0) is 18.4 Å². The molecule has 2 aliphatic rings. The fourth-order valence-electron chi connectivity index (χ4n) is 5.80. The molecule has 0 saturated carbocycles. The average molecular weight is 488 g/mol. The highest BCUT2D eigenvalue weighted by molar-refractivity contribution is 5.49. The molecule has 0 aromatic heterocycles. The second-order valence-electron chi connectivity index (χ2n) is 10.0. The molecule has 3 aromatic rings. The van der Waals surface area contributed by atoms with Gasteiger partial charge in [-0.15, -0.1) is 0 Å². The fourth-order valence-corrected chi connectivity index (χ4v) is 5.80. The quantitative estimate of drug-likeness (QED) is 0.442. The van der Waals surface area contributed by atoms with Crippen LogP contribution in [0.5, 0.6) is 17.2 Å². The van der Waals surface area contributed by atoms with Gasteiger partial charge in [0.15, 0.2) is 0 Å². The molecule has 2 unspecified atom stereocenters. The van der Waals surface area contributed by atoms with Gasteiger partial charge in [0.2, 0.25) is 0 Å². The molecule has 5 heteroatoms. The van der Waals surface area contributed by atoms with Gasteiger partial charge in [-0.1, -0.05) is 36.8 Å². The Morgan fingerprint density at radius 1 is 0.833 bits per heavy atom. The summed E-state index contributed by atoms with van der Waals surface area (Å²) in [4.78, 5) is 2.49. The Kier molecular flexibility index (Phi) is 7.49. The smallest absolute Gasteiger partial charge is 0.119 e. The molecule has 0 bridgehead atoms. The van der Waals surface area contributed by atoms with Crippen LogP contribution in [0.4, 0.5) is 0 Å². The maximum atomic E-state index is 12.2. The van der Waals surface area contributed by atoms with E-state index in [-0.39, 0.29) is 5.92 Å². The lowest BCUT2D eigenvalue weighted by molar-refractivity contribution is 0.0189. The average Bonchev–Trinajstić information content (AvgIpc) is 3.21. The van der Waals surface area contributed by atoms with Crippen molar-refractivity contribution in [3.8, 4) is 17.2 Å². The van der Waals surface area contributed by atoms with Gasteiger partial charge >= 0.3 is 0 Å². The van der Waals surface area contributed by atoms with Crippen LogP contribution < -0.4 is 14.2 Å². The molecule has 1 fully saturated rings. The number of fused-ring (bicyclic) bond motifs is 1. The van der Waals surface area contributed by atoms with Crippen molar-refractivity contribution in [2.75, 3.05) is 40.5 Å². The number of aliphatic hydroxyl groups is 1. The van der Waals surface area contributed by atoms with Crippen molar-refractivity contribution in [1.29, 1.82) is 0 Å². The van der Waals surface area contributed by atoms with E-state index in [9.17, 15) is 5.11 Å². The molecule has 36 heavy (non-hydrogen) atoms. The topological polar surface area (TPSA) is 51.2 Å². The highest BCUT2D eigenvalue weighted by Crippen LogP contribution is 2.50. The number of rotatable bonds is 9. The van der Waals surface area contributed by atoms with Crippen molar-refractivity contribution in [1.82, 2.24) is 4.90 Å². The van der Waals surface area contributed by atoms with E-state index in [1.54, 1.807) is 14.2 Å². The lowest BCUT2D eigenvalue weighted by Gasteiger charge is -2.32. The van der Waals surface area contributed by atoms with Gasteiger partial charge in [0, 0.05) is 18.9 Å². The van der Waals surface area contributed by atoms with Gasteiger partial charge in [0.25, 0.3) is 0 Å². The SMILES string of the molecule is COc1ccc(C2Cc3cc(OC)ccc3C2(O)Cc2ccc(OCCN3CCCCC3)cc2)cc1. The van der Waals surface area contributed by atoms with E-state index in [1.807, 2.05) is 36.4 Å². The van der Waals surface area contributed by atoms with E-state index in [0.29, 0.717) is 13.0 Å². The number of nitrogens with zero attached hydrogens (tertiary/aromatic N) is 1. The molecule has 1 aliphatic carbocycles. The van der Waals surface area contributed by atoms with Crippen LogP contribution in [-0.4, -0.2) is 50.5 Å². The molecule has 1 aliphatic heterocycles. The third kappa shape index (κ3) is 5.23. The number of hydrogen-bond acceptors (Lipinski definition) is 5. The zero-order valence-corrected chi connectivity index (χ0v) is 21.4. The second kappa shape index (κ2) is 10.9. The monoisotopic (exact) mass is 487 g/mol. The number of benzene rings is 3. The highest BCUT2D eigenvalue weighted by atomic mass is 16.5. The first kappa shape index (κ1) is 24.7. The molecule has 1 saturated heterocycles. The number of ether oxygens (including phenoxy) is 3. The Morgan fingerprint density at radius 3 is 2.19 bits per heavy atom. The van der Waals surface area contributed by atoms with E-state index < -0.39 is 5.60 Å². The minimum absolute atomic E-state index is 0.0639. The zero-order valence-electron chi connectivity index (χ0n) is 21.4. The number of likely N-dealkylation sites (tertiary alicyclic amines) is 1. The van der Waals surface area contributed by atoms with Gasteiger partial charge in [-0.25, -0.2) is 0 Å². The molecule has 0 radical (unpaired) electrons. The minimum Gasteiger partial charge on any atom is -0.497 e. The summed E-state index contributed by atoms with van der Waals surface area (Å²) in [6.45, 7) is 4.05. The van der Waals surface area contributed by atoms with Gasteiger partial charge < -0.3 is 19.3 Å². The maximum Gasteiger partial charge on any atom is 0.119 e. The van der Waals surface area contributed by atoms with Gasteiger partial charge in [0.1, 0.15) is 29.5 Å². The summed E-state index contributed by atoms with van der Waals surface area (Å²) in [7, 11) is 3.35. The zero-order chi connectivity index (χ0) is 25.0. The van der Waals surface area contributed by atoms with E-state index in [4.69, 9.17) is 14.2 Å². The molecular weight excluding hydrogens is 450 g/mol. The number of hydrogen-bond donors (Lipinski definition) is 1. The van der Waals surface area contributed by atoms with Gasteiger partial charge in [-0.3, -0.25) is 4.90 Å². The summed E-state index contributed by atoms with van der Waals surface area (Å²) in [6.07, 6.45) is 5.22. The van der Waals surface area contributed by atoms with Crippen LogP contribution in [0, 0.1) is 0 Å². The van der Waals surface area contributed by atoms with Crippen LogP contribution in [0.15, 0.2) is 66.7 Å². The summed E-state index contributed by atoms with van der Waals surface area (Å²) >= 11 is 0. The summed E-state index contributed by atoms with van der Waals surface area (Å²) < 4.78 is 16.8. The highest BCUT2D eigenvalue weighted by Gasteiger charge is 2.46. The van der Waals surface area contributed by atoms with Gasteiger partial charge in [-0.2, -0.15) is 0 Å². The number of methoxy groups -OCH3 is 2. The molecule has 0 amide bonds. The standard InChI is InChI=1S/C31H37NO4/c1-34-26-12-8-24(9-13-26)30-21-25-20-28(35-2)14-15-29(25)31(30,33)22-23-6-10-27(11-7-23)36-19-18-32-16-4-3-5-17-32/h6-15,20,30,33H,3-5,16-19,21-22H2,1-2H3. The van der Waals surface area contributed by atoms with Crippen LogP contribution >= 0.6 is 0 Å². The minimum atomic E-state index is -1.02. The number of piperidine rings is 1. The third-order valence-corrected chi connectivity index (χ3v) is 7.82. The lowest BCUT2D eigenvalue weighted by Crippen LogP contribution is -2.33. The molecule has 190 valence electrons. The van der Waals surface area contributed by atoms with Crippen molar-refractivity contribution in [3.63, 3.8) is 0 Å². The summed E-state index contributed by atoms with van der Waals surface area (Å²) in [5.74, 6) is 2.45. The Hall–Kier alpha value is -3.02. The second-order valence-corrected chi connectivity index (χ2v) is 10.0. The first-order chi connectivity index (χ1) is 17.6. The molecular formula is C31H37NO4. The van der Waals surface area contributed by atoms with E-state index in [0.717, 1.165) is 52.5 Å². The molecule has 0 spiro atoms. The van der Waals surface area contributed by atoms with Crippen molar-refractivity contribution < 1.29 is 19.3 Å². The van der Waals surface area contributed by atoms with Crippen molar-refractivity contribution in [2.45, 2.75) is 43.6 Å². The largest absolute Gasteiger partial charge is 0.497 e. The Balaban J connectivity index is 1.33. The van der Waals surface area contributed by atoms with Crippen molar-refractivity contribution in [2.24, 2.45) is 0 Å². The Morgan fingerprint density at radius 2 is 1.50 bits per heavy atom. The van der Waals surface area contributed by atoms with Crippen molar-refractivity contribution >= 4 is 0 Å². The summed E-state index contributed by atoms with van der Waals surface area (Å²) in [5.41, 5.74) is 3.28. The van der Waals surface area contributed by atoms with Gasteiger partial charge in [0.05, 0.1) is 14.2 Å². The molecule has 1 heterocycles. The van der Waals surface area contributed by atoms with Crippen LogP contribution in [0.3, 0.4) is 0 Å². The predicted octanol–water partition coefficient (Wildman–Crippen LogP) is 5.34. The van der Waals surface area contributed by atoms with Gasteiger partial charge in [-0.05, 0) is 91.0 Å². The van der Waals surface area contributed by atoms with Crippen molar-refractivity contribution in [3.05, 3.63) is 89.0 Å². The van der Waals surface area contributed by atoms with Crippen LogP contribution in [0.1, 0.15) is 47.4 Å². The molecule has 3 aromatic carbocycles. The third-order valence-electron chi connectivity index (χ3n) is 7.82. The first-order valence-corrected chi connectivity index (χ1v) is 13.1. The molecule has 2 atom stereocenters. The summed E-state index contributed by atoms with van der Waals surface area (Å²) in [6, 6.07) is 22.3.